The lowest BCUT2D eigenvalue weighted by molar-refractivity contribution is -0.163. The van der Waals surface area contributed by atoms with Gasteiger partial charge in [0.1, 0.15) is 17.2 Å². The van der Waals surface area contributed by atoms with E-state index >= 15 is 0 Å². The number of nitrogens with one attached hydrogen (secondary N) is 2. The van der Waals surface area contributed by atoms with Crippen molar-refractivity contribution >= 4 is 24.1 Å². The first-order valence-corrected chi connectivity index (χ1v) is 9.48. The number of hydrazine groups is 2. The third kappa shape index (κ3) is 8.99. The van der Waals surface area contributed by atoms with E-state index in [1.807, 2.05) is 0 Å². The maximum absolute atomic E-state index is 13.0. The van der Waals surface area contributed by atoms with Crippen LogP contribution in [0.1, 0.15) is 60.8 Å². The van der Waals surface area contributed by atoms with Gasteiger partial charge in [-0.3, -0.25) is 4.79 Å². The summed E-state index contributed by atoms with van der Waals surface area (Å²) in [5.74, 6) is -1.74. The molecule has 11 heteroatoms. The number of carboxylic acid groups (broad SMARTS) is 1. The van der Waals surface area contributed by atoms with Crippen molar-refractivity contribution in [2.75, 3.05) is 13.1 Å². The summed E-state index contributed by atoms with van der Waals surface area (Å²) in [6.07, 6.45) is -0.316. The second-order valence-electron chi connectivity index (χ2n) is 8.66. The van der Waals surface area contributed by atoms with E-state index in [9.17, 15) is 19.2 Å². The van der Waals surface area contributed by atoms with Crippen LogP contribution < -0.4 is 10.9 Å². The average molecular weight is 416 g/mol. The Morgan fingerprint density at radius 1 is 1.10 bits per heavy atom. The second-order valence-corrected chi connectivity index (χ2v) is 8.66. The fraction of sp³-hybridized carbons (Fsp3) is 0.778. The zero-order valence-corrected chi connectivity index (χ0v) is 17.9. The van der Waals surface area contributed by atoms with Gasteiger partial charge >= 0.3 is 24.1 Å². The molecule has 1 rings (SSSR count). The summed E-state index contributed by atoms with van der Waals surface area (Å²) in [4.78, 5) is 48.6. The first-order chi connectivity index (χ1) is 13.2. The Labute approximate surface area is 170 Å². The minimum Gasteiger partial charge on any atom is -0.481 e. The first kappa shape index (κ1) is 24.5. The number of hydrogen-bond donors (Lipinski definition) is 3. The minimum absolute atomic E-state index is 0.313. The molecule has 0 aromatic rings. The number of nitrogens with zero attached hydrogens (tertiary/aromatic N) is 2. The predicted molar refractivity (Wildman–Crippen MR) is 102 cm³/mol. The third-order valence-electron chi connectivity index (χ3n) is 3.54. The van der Waals surface area contributed by atoms with E-state index in [2.05, 4.69) is 10.9 Å². The van der Waals surface area contributed by atoms with E-state index in [-0.39, 0.29) is 6.54 Å². The Bertz CT molecular complexity index is 625. The van der Waals surface area contributed by atoms with Gasteiger partial charge in [-0.25, -0.2) is 35.3 Å². The summed E-state index contributed by atoms with van der Waals surface area (Å²) in [7, 11) is 0. The van der Waals surface area contributed by atoms with E-state index in [4.69, 9.17) is 14.6 Å². The maximum atomic E-state index is 13.0. The summed E-state index contributed by atoms with van der Waals surface area (Å²) in [5, 5.41) is 10.8. The van der Waals surface area contributed by atoms with Crippen molar-refractivity contribution in [3.05, 3.63) is 0 Å². The SMILES string of the molecule is CC(C)(C)OC(=O)NN(CCC(=O)O)C(=O)N1NCCC[C@H]1C(=O)OC(C)(C)C. The van der Waals surface area contributed by atoms with E-state index in [0.717, 1.165) is 10.0 Å². The van der Waals surface area contributed by atoms with Crippen LogP contribution >= 0.6 is 0 Å². The average Bonchev–Trinajstić information content (AvgIpc) is 2.54. The molecule has 0 aliphatic carbocycles. The lowest BCUT2D eigenvalue weighted by Gasteiger charge is -2.38. The predicted octanol–water partition coefficient (Wildman–Crippen LogP) is 1.63. The number of carbonyl (C=O) groups is 4. The van der Waals surface area contributed by atoms with Crippen LogP contribution in [0, 0.1) is 0 Å². The second kappa shape index (κ2) is 9.77. The number of rotatable bonds is 4. The zero-order chi connectivity index (χ0) is 22.4. The summed E-state index contributed by atoms with van der Waals surface area (Å²) in [6, 6.07) is -1.70. The van der Waals surface area contributed by atoms with Gasteiger partial charge in [-0.05, 0) is 54.4 Å². The van der Waals surface area contributed by atoms with Crippen LogP contribution in [0.15, 0.2) is 0 Å². The number of ether oxygens (including phenoxy) is 2. The number of amides is 3. The van der Waals surface area contributed by atoms with Crippen molar-refractivity contribution in [1.82, 2.24) is 20.9 Å². The van der Waals surface area contributed by atoms with Crippen LogP contribution in [0.2, 0.25) is 0 Å². The molecule has 166 valence electrons. The third-order valence-corrected chi connectivity index (χ3v) is 3.54. The molecule has 0 radical (unpaired) electrons. The number of aliphatic carboxylic acids is 1. The van der Waals surface area contributed by atoms with Gasteiger partial charge in [-0.15, -0.1) is 0 Å². The molecule has 3 amide bonds. The fourth-order valence-corrected chi connectivity index (χ4v) is 2.48. The Balaban J connectivity index is 2.99. The van der Waals surface area contributed by atoms with Gasteiger partial charge in [0.2, 0.25) is 0 Å². The Morgan fingerprint density at radius 3 is 2.21 bits per heavy atom. The monoisotopic (exact) mass is 416 g/mol. The molecule has 1 aliphatic heterocycles. The molecular formula is C18H32N4O7. The van der Waals surface area contributed by atoms with Crippen molar-refractivity contribution in [1.29, 1.82) is 0 Å². The Hall–Kier alpha value is -2.56. The van der Waals surface area contributed by atoms with Crippen molar-refractivity contribution in [2.24, 2.45) is 0 Å². The number of esters is 1. The minimum atomic E-state index is -1.15. The van der Waals surface area contributed by atoms with Crippen LogP contribution in [0.5, 0.6) is 0 Å². The fourth-order valence-electron chi connectivity index (χ4n) is 2.48. The highest BCUT2D eigenvalue weighted by atomic mass is 16.6. The lowest BCUT2D eigenvalue weighted by atomic mass is 10.1. The van der Waals surface area contributed by atoms with E-state index < -0.39 is 47.7 Å². The molecule has 0 aromatic carbocycles. The molecule has 29 heavy (non-hydrogen) atoms. The Morgan fingerprint density at radius 2 is 1.69 bits per heavy atom. The van der Waals surface area contributed by atoms with Crippen LogP contribution in [0.3, 0.4) is 0 Å². The molecule has 11 nitrogen and oxygen atoms in total. The van der Waals surface area contributed by atoms with Crippen molar-refractivity contribution in [2.45, 2.75) is 78.0 Å². The topological polar surface area (TPSA) is 138 Å². The number of urea groups is 1. The smallest absolute Gasteiger partial charge is 0.426 e. The molecule has 1 aliphatic rings. The molecule has 1 saturated heterocycles. The zero-order valence-electron chi connectivity index (χ0n) is 17.9. The molecule has 0 bridgehead atoms. The van der Waals surface area contributed by atoms with E-state index in [0.29, 0.717) is 19.4 Å². The summed E-state index contributed by atoms with van der Waals surface area (Å²) >= 11 is 0. The maximum Gasteiger partial charge on any atom is 0.426 e. The molecule has 1 atom stereocenters. The van der Waals surface area contributed by atoms with Gasteiger partial charge in [-0.1, -0.05) is 0 Å². The summed E-state index contributed by atoms with van der Waals surface area (Å²) in [5.41, 5.74) is 3.54. The molecule has 0 saturated carbocycles. The number of hydrogen-bond acceptors (Lipinski definition) is 7. The van der Waals surface area contributed by atoms with Crippen molar-refractivity contribution < 1.29 is 33.8 Å². The highest BCUT2D eigenvalue weighted by molar-refractivity contribution is 5.85. The largest absolute Gasteiger partial charge is 0.481 e. The quantitative estimate of drug-likeness (QED) is 0.464. The molecule has 0 aromatic heterocycles. The summed E-state index contributed by atoms with van der Waals surface area (Å²) < 4.78 is 10.5. The van der Waals surface area contributed by atoms with Gasteiger partial charge < -0.3 is 14.6 Å². The standard InChI is InChI=1S/C18H32N4O7/c1-17(2,3)28-14(25)12-8-7-10-19-22(12)16(27)21(11-9-13(23)24)20-15(26)29-18(4,5)6/h12,19H,7-11H2,1-6H3,(H,20,26)(H,23,24)/t12-/m0/s1. The van der Waals surface area contributed by atoms with Crippen LogP contribution in [-0.4, -0.2) is 69.5 Å². The highest BCUT2D eigenvalue weighted by Crippen LogP contribution is 2.18. The van der Waals surface area contributed by atoms with Crippen molar-refractivity contribution in [3.63, 3.8) is 0 Å². The van der Waals surface area contributed by atoms with Gasteiger partial charge in [-0.2, -0.15) is 0 Å². The van der Waals surface area contributed by atoms with Crippen LogP contribution in [0.25, 0.3) is 0 Å². The molecule has 0 spiro atoms. The van der Waals surface area contributed by atoms with Crippen LogP contribution in [-0.2, 0) is 19.1 Å². The van der Waals surface area contributed by atoms with E-state index in [1.165, 1.54) is 0 Å². The normalized spacial score (nSPS) is 17.3. The highest BCUT2D eigenvalue weighted by Gasteiger charge is 2.38. The first-order valence-electron chi connectivity index (χ1n) is 9.48. The van der Waals surface area contributed by atoms with Gasteiger partial charge in [0.05, 0.1) is 13.0 Å². The van der Waals surface area contributed by atoms with Gasteiger partial charge in [0, 0.05) is 6.54 Å². The molecular weight excluding hydrogens is 384 g/mol. The van der Waals surface area contributed by atoms with Gasteiger partial charge in [0.15, 0.2) is 0 Å². The number of carbonyl (C=O) groups excluding carboxylic acids is 3. The van der Waals surface area contributed by atoms with Gasteiger partial charge in [0.25, 0.3) is 0 Å². The lowest BCUT2D eigenvalue weighted by Crippen LogP contribution is -2.63. The summed E-state index contributed by atoms with van der Waals surface area (Å²) in [6.45, 7) is 10.2. The Kier molecular flexibility index (Phi) is 8.25. The van der Waals surface area contributed by atoms with Crippen LogP contribution in [0.4, 0.5) is 9.59 Å². The molecule has 1 fully saturated rings. The molecule has 1 heterocycles. The molecule has 0 unspecified atom stereocenters. The number of carboxylic acids is 1. The van der Waals surface area contributed by atoms with Crippen molar-refractivity contribution in [3.8, 4) is 0 Å². The van der Waals surface area contributed by atoms with E-state index in [1.54, 1.807) is 41.5 Å². The molecule has 3 N–H and O–H groups in total.